The van der Waals surface area contributed by atoms with Crippen LogP contribution in [0.1, 0.15) is 181 Å². The van der Waals surface area contributed by atoms with Crippen LogP contribution in [0.2, 0.25) is 0 Å². The summed E-state index contributed by atoms with van der Waals surface area (Å²) in [6, 6.07) is 0. The Morgan fingerprint density at radius 2 is 0.872 bits per heavy atom. The number of rotatable bonds is 36. The molecule has 7 heteroatoms. The molecule has 2 atom stereocenters. The summed E-state index contributed by atoms with van der Waals surface area (Å²) in [5.74, 6) is 0.243. The van der Waals surface area contributed by atoms with E-state index in [9.17, 15) is 19.8 Å². The van der Waals surface area contributed by atoms with E-state index in [1.807, 2.05) is 0 Å². The lowest BCUT2D eigenvalue weighted by atomic mass is 10.1. The fourth-order valence-corrected chi connectivity index (χ4v) is 5.63. The van der Waals surface area contributed by atoms with E-state index in [-0.39, 0.29) is 24.0 Å². The zero-order valence-electron chi connectivity index (χ0n) is 30.9. The van der Waals surface area contributed by atoms with Gasteiger partial charge in [0.2, 0.25) is 11.8 Å². The molecule has 0 fully saturated rings. The normalized spacial score (nSPS) is 13.0. The van der Waals surface area contributed by atoms with E-state index < -0.39 is 0 Å². The number of unbranched alkanes of at least 4 members (excludes halogenated alkanes) is 16. The minimum atomic E-state index is -0.185. The van der Waals surface area contributed by atoms with Crippen LogP contribution >= 0.6 is 0 Å². The van der Waals surface area contributed by atoms with Gasteiger partial charge in [0.1, 0.15) is 0 Å². The summed E-state index contributed by atoms with van der Waals surface area (Å²) in [5, 5.41) is 29.2. The van der Waals surface area contributed by atoms with Gasteiger partial charge in [0.05, 0.1) is 12.2 Å². The highest BCUT2D eigenvalue weighted by Gasteiger charge is 2.04. The molecule has 7 nitrogen and oxygen atoms in total. The summed E-state index contributed by atoms with van der Waals surface area (Å²) in [7, 11) is 0. The molecule has 0 bridgehead atoms. The Labute approximate surface area is 290 Å². The van der Waals surface area contributed by atoms with Crippen molar-refractivity contribution < 1.29 is 19.8 Å². The van der Waals surface area contributed by atoms with E-state index in [4.69, 9.17) is 0 Å². The molecule has 0 saturated carbocycles. The van der Waals surface area contributed by atoms with E-state index in [1.165, 1.54) is 77.0 Å². The summed E-state index contributed by atoms with van der Waals surface area (Å²) in [6.07, 6.45) is 35.9. The van der Waals surface area contributed by atoms with Crippen molar-refractivity contribution in [2.45, 2.75) is 193 Å². The van der Waals surface area contributed by atoms with Gasteiger partial charge in [-0.3, -0.25) is 9.59 Å². The summed E-state index contributed by atoms with van der Waals surface area (Å²) < 4.78 is 0. The molecule has 0 aliphatic heterocycles. The fourth-order valence-electron chi connectivity index (χ4n) is 5.63. The van der Waals surface area contributed by atoms with Crippen LogP contribution in [0.15, 0.2) is 24.3 Å². The third-order valence-electron chi connectivity index (χ3n) is 8.73. The Bertz CT molecular complexity index is 683. The van der Waals surface area contributed by atoms with Gasteiger partial charge in [0.25, 0.3) is 0 Å². The predicted octanol–water partition coefficient (Wildman–Crippen LogP) is 8.83. The SMILES string of the molecule is CCCCCCC(O)C/C=C/CCCCCCCC(=O)NCCNCCNC(=O)CCCCCCC/C=C/CC(O)CCCCCC. The van der Waals surface area contributed by atoms with Gasteiger partial charge in [-0.1, -0.05) is 128 Å². The summed E-state index contributed by atoms with van der Waals surface area (Å²) in [6.45, 7) is 7.06. The van der Waals surface area contributed by atoms with Gasteiger partial charge >= 0.3 is 0 Å². The number of aliphatic hydroxyl groups excluding tert-OH is 2. The van der Waals surface area contributed by atoms with Gasteiger partial charge in [-0.2, -0.15) is 0 Å². The first-order valence-corrected chi connectivity index (χ1v) is 19.9. The molecule has 0 aliphatic rings. The first kappa shape index (κ1) is 45.3. The third-order valence-corrected chi connectivity index (χ3v) is 8.73. The van der Waals surface area contributed by atoms with Crippen molar-refractivity contribution >= 4 is 11.8 Å². The Kier molecular flexibility index (Phi) is 35.8. The van der Waals surface area contributed by atoms with Crippen molar-refractivity contribution in [2.24, 2.45) is 0 Å². The number of amides is 2. The molecule has 47 heavy (non-hydrogen) atoms. The molecule has 2 amide bonds. The molecule has 0 spiro atoms. The monoisotopic (exact) mass is 664 g/mol. The highest BCUT2D eigenvalue weighted by molar-refractivity contribution is 5.76. The molecule has 0 aromatic heterocycles. The topological polar surface area (TPSA) is 111 Å². The largest absolute Gasteiger partial charge is 0.393 e. The summed E-state index contributed by atoms with van der Waals surface area (Å²) >= 11 is 0. The van der Waals surface area contributed by atoms with Crippen molar-refractivity contribution in [3.63, 3.8) is 0 Å². The third kappa shape index (κ3) is 37.0. The Balaban J connectivity index is 3.40. The Morgan fingerprint density at radius 3 is 1.30 bits per heavy atom. The van der Waals surface area contributed by atoms with Crippen LogP contribution < -0.4 is 16.0 Å². The van der Waals surface area contributed by atoms with Crippen LogP contribution in [-0.2, 0) is 9.59 Å². The number of hydrogen-bond donors (Lipinski definition) is 5. The number of aliphatic hydroxyl groups is 2. The number of carbonyl (C=O) groups excluding carboxylic acids is 2. The second-order valence-corrected chi connectivity index (χ2v) is 13.5. The number of allylic oxidation sites excluding steroid dienone is 2. The molecule has 0 heterocycles. The molecule has 0 aliphatic carbocycles. The maximum Gasteiger partial charge on any atom is 0.220 e. The minimum absolute atomic E-state index is 0.121. The molecule has 2 unspecified atom stereocenters. The zero-order valence-corrected chi connectivity index (χ0v) is 30.9. The lowest BCUT2D eigenvalue weighted by Crippen LogP contribution is -2.36. The second-order valence-electron chi connectivity index (χ2n) is 13.5. The van der Waals surface area contributed by atoms with E-state index in [0.29, 0.717) is 39.0 Å². The molecule has 0 aromatic carbocycles. The first-order chi connectivity index (χ1) is 23.0. The lowest BCUT2D eigenvalue weighted by molar-refractivity contribution is -0.121. The molecular formula is C40H77N3O4. The van der Waals surface area contributed by atoms with Crippen molar-refractivity contribution in [2.75, 3.05) is 26.2 Å². The number of nitrogens with one attached hydrogen (secondary N) is 3. The van der Waals surface area contributed by atoms with Crippen molar-refractivity contribution in [1.82, 2.24) is 16.0 Å². The fraction of sp³-hybridized carbons (Fsp3) is 0.850. The van der Waals surface area contributed by atoms with Gasteiger partial charge < -0.3 is 26.2 Å². The van der Waals surface area contributed by atoms with Gasteiger partial charge in [-0.05, 0) is 64.2 Å². The summed E-state index contributed by atoms with van der Waals surface area (Å²) in [4.78, 5) is 24.1. The maximum atomic E-state index is 12.0. The molecule has 0 saturated heterocycles. The first-order valence-electron chi connectivity index (χ1n) is 19.9. The maximum absolute atomic E-state index is 12.0. The molecule has 0 radical (unpaired) electrons. The highest BCUT2D eigenvalue weighted by Crippen LogP contribution is 2.12. The van der Waals surface area contributed by atoms with Crippen molar-refractivity contribution in [1.29, 1.82) is 0 Å². The Morgan fingerprint density at radius 1 is 0.489 bits per heavy atom. The quantitative estimate of drug-likeness (QED) is 0.0340. The van der Waals surface area contributed by atoms with Crippen LogP contribution in [-0.4, -0.2) is 60.4 Å². The van der Waals surface area contributed by atoms with Crippen molar-refractivity contribution in [3.05, 3.63) is 24.3 Å². The highest BCUT2D eigenvalue weighted by atomic mass is 16.3. The van der Waals surface area contributed by atoms with Crippen LogP contribution in [0, 0.1) is 0 Å². The minimum Gasteiger partial charge on any atom is -0.393 e. The molecule has 0 aromatic rings. The second kappa shape index (κ2) is 37.1. The van der Waals surface area contributed by atoms with E-state index in [2.05, 4.69) is 54.1 Å². The molecule has 276 valence electrons. The van der Waals surface area contributed by atoms with Crippen LogP contribution in [0.3, 0.4) is 0 Å². The van der Waals surface area contributed by atoms with Gasteiger partial charge in [0, 0.05) is 39.0 Å². The zero-order chi connectivity index (χ0) is 34.5. The van der Waals surface area contributed by atoms with Crippen LogP contribution in [0.4, 0.5) is 0 Å². The van der Waals surface area contributed by atoms with Crippen molar-refractivity contribution in [3.8, 4) is 0 Å². The Hall–Kier alpha value is -1.70. The standard InChI is InChI=1S/C40H77N3O4/c1-3-5-7-21-27-37(44)29-23-17-13-9-11-15-19-25-31-39(46)42-35-33-41-34-36-43-40(47)32-26-20-16-12-10-14-18-24-30-38(45)28-22-8-6-4-2/h17-18,23-24,37-38,41,44-45H,3-16,19-22,25-36H2,1-2H3,(H,42,46)(H,43,47)/b23-17+,24-18+. The van der Waals surface area contributed by atoms with Crippen LogP contribution in [0.5, 0.6) is 0 Å². The molecule has 0 rings (SSSR count). The van der Waals surface area contributed by atoms with E-state index in [1.54, 1.807) is 0 Å². The average molecular weight is 664 g/mol. The number of hydrogen-bond acceptors (Lipinski definition) is 5. The van der Waals surface area contributed by atoms with Crippen LogP contribution in [0.25, 0.3) is 0 Å². The van der Waals surface area contributed by atoms with Gasteiger partial charge in [0.15, 0.2) is 0 Å². The van der Waals surface area contributed by atoms with E-state index >= 15 is 0 Å². The smallest absolute Gasteiger partial charge is 0.220 e. The number of carbonyl (C=O) groups is 2. The molecular weight excluding hydrogens is 586 g/mol. The summed E-state index contributed by atoms with van der Waals surface area (Å²) in [5.41, 5.74) is 0. The predicted molar refractivity (Wildman–Crippen MR) is 201 cm³/mol. The average Bonchev–Trinajstić information content (AvgIpc) is 3.06. The molecule has 5 N–H and O–H groups in total. The van der Waals surface area contributed by atoms with E-state index in [0.717, 1.165) is 77.0 Å². The lowest BCUT2D eigenvalue weighted by Gasteiger charge is -2.08. The van der Waals surface area contributed by atoms with Gasteiger partial charge in [-0.25, -0.2) is 0 Å². The van der Waals surface area contributed by atoms with Gasteiger partial charge in [-0.15, -0.1) is 0 Å².